The molecule has 0 atom stereocenters. The second kappa shape index (κ2) is 10.9. The Bertz CT molecular complexity index is 1690. The summed E-state index contributed by atoms with van der Waals surface area (Å²) >= 11 is 5.15. The van der Waals surface area contributed by atoms with Gasteiger partial charge in [0, 0.05) is 11.4 Å². The summed E-state index contributed by atoms with van der Waals surface area (Å²) in [6.45, 7) is 0. The first kappa shape index (κ1) is 28.1. The Kier molecular flexibility index (Phi) is 7.44. The molecular weight excluding hydrogens is 565 g/mol. The normalized spacial score (nSPS) is 11.9. The lowest BCUT2D eigenvalue weighted by Gasteiger charge is -2.16. The van der Waals surface area contributed by atoms with Gasteiger partial charge in [0.25, 0.3) is 0 Å². The summed E-state index contributed by atoms with van der Waals surface area (Å²) in [5.74, 6) is -0.335. The lowest BCUT2D eigenvalue weighted by Crippen LogP contribution is -2.20. The number of hydrogen-bond donors (Lipinski definition) is 2. The van der Waals surface area contributed by atoms with Crippen LogP contribution >= 0.6 is 12.2 Å². The lowest BCUT2D eigenvalue weighted by atomic mass is 9.91. The Labute approximate surface area is 235 Å². The van der Waals surface area contributed by atoms with E-state index in [0.29, 0.717) is 17.8 Å². The van der Waals surface area contributed by atoms with E-state index in [2.05, 4.69) is 10.6 Å². The van der Waals surface area contributed by atoms with Crippen LogP contribution in [0, 0.1) is 5.82 Å². The van der Waals surface area contributed by atoms with Gasteiger partial charge < -0.3 is 10.6 Å². The summed E-state index contributed by atoms with van der Waals surface area (Å²) in [4.78, 5) is 0. The summed E-state index contributed by atoms with van der Waals surface area (Å²) in [6.07, 6.45) is -9.94. The van der Waals surface area contributed by atoms with Crippen molar-refractivity contribution in [1.82, 2.24) is 0 Å². The van der Waals surface area contributed by atoms with Crippen LogP contribution in [0.15, 0.2) is 103 Å². The molecule has 10 heteroatoms. The fourth-order valence-electron chi connectivity index (χ4n) is 4.51. The average Bonchev–Trinajstić information content (AvgIpc) is 2.92. The van der Waals surface area contributed by atoms with E-state index in [1.165, 1.54) is 12.1 Å². The molecule has 0 saturated heterocycles. The van der Waals surface area contributed by atoms with E-state index in [1.54, 1.807) is 24.3 Å². The zero-order valence-electron chi connectivity index (χ0n) is 20.9. The van der Waals surface area contributed by atoms with Crippen LogP contribution in [-0.4, -0.2) is 5.11 Å². The van der Waals surface area contributed by atoms with E-state index >= 15 is 0 Å². The highest BCUT2D eigenvalue weighted by Crippen LogP contribution is 2.39. The molecule has 5 aromatic carbocycles. The van der Waals surface area contributed by atoms with Crippen LogP contribution in [0.25, 0.3) is 33.0 Å². The second-order valence-corrected chi connectivity index (χ2v) is 9.58. The summed E-state index contributed by atoms with van der Waals surface area (Å²) in [5.41, 5.74) is 0.654. The van der Waals surface area contributed by atoms with Gasteiger partial charge in [-0.2, -0.15) is 26.3 Å². The van der Waals surface area contributed by atoms with Crippen LogP contribution in [0.4, 0.5) is 42.1 Å². The third-order valence-electron chi connectivity index (χ3n) is 6.36. The molecule has 0 unspecified atom stereocenters. The van der Waals surface area contributed by atoms with Crippen LogP contribution in [-0.2, 0) is 12.4 Å². The van der Waals surface area contributed by atoms with Crippen molar-refractivity contribution in [2.45, 2.75) is 12.4 Å². The van der Waals surface area contributed by atoms with Crippen molar-refractivity contribution in [3.05, 3.63) is 120 Å². The maximum atomic E-state index is 13.5. The molecule has 0 aliphatic rings. The zero-order chi connectivity index (χ0) is 29.4. The third-order valence-corrected chi connectivity index (χ3v) is 6.56. The van der Waals surface area contributed by atoms with Crippen molar-refractivity contribution in [3.8, 4) is 22.3 Å². The molecule has 5 aromatic rings. The van der Waals surface area contributed by atoms with E-state index in [4.69, 9.17) is 12.2 Å². The van der Waals surface area contributed by atoms with Crippen molar-refractivity contribution >= 4 is 39.5 Å². The van der Waals surface area contributed by atoms with Crippen molar-refractivity contribution in [1.29, 1.82) is 0 Å². The molecular formula is C31H19F7N2S. The predicted molar refractivity (Wildman–Crippen MR) is 151 cm³/mol. The molecule has 0 bridgehead atoms. The predicted octanol–water partition coefficient (Wildman–Crippen LogP) is 10.2. The highest BCUT2D eigenvalue weighted by atomic mass is 32.1. The quantitative estimate of drug-likeness (QED) is 0.162. The standard InChI is InChI=1S/C31H19F7N2S/c32-23-11-7-18(8-12-23)26-5-1-3-20-4-2-6-27(28(20)26)19-9-13-24(14-10-19)39-29(41)40-25-16-21(30(33,34)35)15-22(17-25)31(36,37)38/h1-17H,(H2,39,40,41). The van der Waals surface area contributed by atoms with Gasteiger partial charge in [0.2, 0.25) is 0 Å². The molecule has 0 aliphatic carbocycles. The Hall–Kier alpha value is -4.44. The highest BCUT2D eigenvalue weighted by molar-refractivity contribution is 7.80. The zero-order valence-corrected chi connectivity index (χ0v) is 21.7. The fourth-order valence-corrected chi connectivity index (χ4v) is 4.74. The fraction of sp³-hybridized carbons (Fsp3) is 0.0645. The molecule has 0 aliphatic heterocycles. The molecule has 0 amide bonds. The first-order valence-electron chi connectivity index (χ1n) is 12.1. The molecule has 5 rings (SSSR count). The number of anilines is 2. The van der Waals surface area contributed by atoms with Crippen molar-refractivity contribution in [3.63, 3.8) is 0 Å². The summed E-state index contributed by atoms with van der Waals surface area (Å²) < 4.78 is 92.6. The molecule has 2 nitrogen and oxygen atoms in total. The molecule has 0 radical (unpaired) electrons. The Balaban J connectivity index is 1.40. The monoisotopic (exact) mass is 584 g/mol. The van der Waals surface area contributed by atoms with E-state index < -0.39 is 29.2 Å². The molecule has 0 aromatic heterocycles. The molecule has 0 fully saturated rings. The average molecular weight is 585 g/mol. The minimum Gasteiger partial charge on any atom is -0.332 e. The smallest absolute Gasteiger partial charge is 0.332 e. The summed E-state index contributed by atoms with van der Waals surface area (Å²) in [6, 6.07) is 26.1. The van der Waals surface area contributed by atoms with Crippen LogP contribution in [0.1, 0.15) is 11.1 Å². The van der Waals surface area contributed by atoms with Crippen molar-refractivity contribution in [2.75, 3.05) is 10.6 Å². The summed E-state index contributed by atoms with van der Waals surface area (Å²) in [7, 11) is 0. The maximum Gasteiger partial charge on any atom is 0.416 e. The number of thiocarbonyl (C=S) groups is 1. The Morgan fingerprint density at radius 3 is 1.51 bits per heavy atom. The number of hydrogen-bond acceptors (Lipinski definition) is 1. The van der Waals surface area contributed by atoms with Gasteiger partial charge in [-0.15, -0.1) is 0 Å². The van der Waals surface area contributed by atoms with Gasteiger partial charge in [0.1, 0.15) is 5.82 Å². The van der Waals surface area contributed by atoms with Crippen LogP contribution in [0.3, 0.4) is 0 Å². The first-order chi connectivity index (χ1) is 19.4. The molecule has 41 heavy (non-hydrogen) atoms. The number of alkyl halides is 6. The minimum absolute atomic E-state index is 0.0507. The SMILES string of the molecule is Fc1ccc(-c2cccc3cccc(-c4ccc(NC(=S)Nc5cc(C(F)(F)F)cc(C(F)(F)F)c5)cc4)c23)cc1. The van der Waals surface area contributed by atoms with Gasteiger partial charge in [-0.3, -0.25) is 0 Å². The first-order valence-corrected chi connectivity index (χ1v) is 12.5. The topological polar surface area (TPSA) is 24.1 Å². The Morgan fingerprint density at radius 1 is 0.561 bits per heavy atom. The van der Waals surface area contributed by atoms with Gasteiger partial charge in [0.05, 0.1) is 11.1 Å². The largest absolute Gasteiger partial charge is 0.416 e. The number of fused-ring (bicyclic) bond motifs is 1. The summed E-state index contributed by atoms with van der Waals surface area (Å²) in [5, 5.41) is 6.96. The van der Waals surface area contributed by atoms with E-state index in [1.807, 2.05) is 48.5 Å². The molecule has 0 spiro atoms. The number of benzene rings is 5. The van der Waals surface area contributed by atoms with E-state index in [9.17, 15) is 30.7 Å². The lowest BCUT2D eigenvalue weighted by molar-refractivity contribution is -0.143. The highest BCUT2D eigenvalue weighted by Gasteiger charge is 2.37. The van der Waals surface area contributed by atoms with Crippen LogP contribution in [0.5, 0.6) is 0 Å². The maximum absolute atomic E-state index is 13.5. The van der Waals surface area contributed by atoms with Gasteiger partial charge in [-0.25, -0.2) is 4.39 Å². The van der Waals surface area contributed by atoms with Gasteiger partial charge in [-0.1, -0.05) is 60.7 Å². The number of nitrogens with one attached hydrogen (secondary N) is 2. The van der Waals surface area contributed by atoms with Crippen LogP contribution in [0.2, 0.25) is 0 Å². The van der Waals surface area contributed by atoms with E-state index in [-0.39, 0.29) is 17.0 Å². The van der Waals surface area contributed by atoms with Crippen LogP contribution < -0.4 is 10.6 Å². The minimum atomic E-state index is -4.97. The molecule has 208 valence electrons. The van der Waals surface area contributed by atoms with E-state index in [0.717, 1.165) is 33.0 Å². The Morgan fingerprint density at radius 2 is 1.02 bits per heavy atom. The molecule has 2 N–H and O–H groups in total. The van der Waals surface area contributed by atoms with Crippen molar-refractivity contribution in [2.24, 2.45) is 0 Å². The number of rotatable bonds is 4. The van der Waals surface area contributed by atoms with Gasteiger partial charge in [-0.05, 0) is 87.7 Å². The third kappa shape index (κ3) is 6.33. The van der Waals surface area contributed by atoms with Crippen molar-refractivity contribution < 1.29 is 30.7 Å². The number of halogens is 7. The molecule has 0 saturated carbocycles. The van der Waals surface area contributed by atoms with Gasteiger partial charge in [0.15, 0.2) is 5.11 Å². The second-order valence-electron chi connectivity index (χ2n) is 9.17. The van der Waals surface area contributed by atoms with Gasteiger partial charge >= 0.3 is 12.4 Å². The molecule has 0 heterocycles.